The maximum atomic E-state index is 6.71. The van der Waals surface area contributed by atoms with Crippen molar-refractivity contribution in [1.29, 1.82) is 0 Å². The number of rotatable bonds is 6. The number of para-hydroxylation sites is 3. The summed E-state index contributed by atoms with van der Waals surface area (Å²) < 4.78 is 13.1. The van der Waals surface area contributed by atoms with Gasteiger partial charge in [-0.3, -0.25) is 0 Å². The first-order valence-corrected chi connectivity index (χ1v) is 19.7. The Morgan fingerprint density at radius 3 is 1.63 bits per heavy atom. The summed E-state index contributed by atoms with van der Waals surface area (Å²) in [5, 5.41) is 8.47. The van der Waals surface area contributed by atoms with Crippen molar-refractivity contribution < 1.29 is 8.83 Å². The van der Waals surface area contributed by atoms with Crippen LogP contribution in [0.4, 0.5) is 17.1 Å². The second-order valence-electron chi connectivity index (χ2n) is 14.8. The molecule has 0 saturated heterocycles. The van der Waals surface area contributed by atoms with Crippen LogP contribution in [0.15, 0.2) is 203 Å². The molecule has 6 heteroatoms. The standard InChI is InChI=1S/C53H32N4O2/c1-2-17-38(18-3-1)57(39-28-27-34-14-5-7-16-36(34)30-39)40-31-44(50-42-20-9-11-23-46(42)59-48(50)32-40)53-55-51(37-26-25-33-13-4-6-15-35(33)29-37)54-52(56-53)43-21-12-24-47-49(43)41-19-8-10-22-45(41)58-47/h1-32H. The zero-order chi connectivity index (χ0) is 38.9. The molecule has 6 nitrogen and oxygen atoms in total. The van der Waals surface area contributed by atoms with E-state index < -0.39 is 0 Å². The number of hydrogen-bond donors (Lipinski definition) is 0. The van der Waals surface area contributed by atoms with Crippen LogP contribution in [0.1, 0.15) is 0 Å². The first-order valence-electron chi connectivity index (χ1n) is 19.7. The highest BCUT2D eigenvalue weighted by molar-refractivity contribution is 6.14. The summed E-state index contributed by atoms with van der Waals surface area (Å²) in [6.45, 7) is 0. The number of hydrogen-bond acceptors (Lipinski definition) is 6. The molecule has 0 aliphatic rings. The Kier molecular flexibility index (Phi) is 7.43. The number of anilines is 3. The summed E-state index contributed by atoms with van der Waals surface area (Å²) in [4.78, 5) is 18.3. The van der Waals surface area contributed by atoms with Crippen LogP contribution < -0.4 is 4.90 Å². The van der Waals surface area contributed by atoms with Gasteiger partial charge in [-0.05, 0) is 76.1 Å². The molecule has 0 radical (unpaired) electrons. The summed E-state index contributed by atoms with van der Waals surface area (Å²) in [6, 6.07) is 66.9. The third kappa shape index (κ3) is 5.53. The molecular formula is C53H32N4O2. The van der Waals surface area contributed by atoms with E-state index in [0.29, 0.717) is 17.5 Å². The molecule has 12 rings (SSSR count). The van der Waals surface area contributed by atoms with Gasteiger partial charge < -0.3 is 13.7 Å². The van der Waals surface area contributed by atoms with Crippen LogP contribution in [0.3, 0.4) is 0 Å². The van der Waals surface area contributed by atoms with Crippen molar-refractivity contribution in [1.82, 2.24) is 15.0 Å². The molecule has 0 saturated carbocycles. The summed E-state index contributed by atoms with van der Waals surface area (Å²) in [7, 11) is 0. The lowest BCUT2D eigenvalue weighted by atomic mass is 10.0. The molecule has 59 heavy (non-hydrogen) atoms. The van der Waals surface area contributed by atoms with Gasteiger partial charge in [-0.15, -0.1) is 0 Å². The highest BCUT2D eigenvalue weighted by Gasteiger charge is 2.24. The van der Waals surface area contributed by atoms with Crippen molar-refractivity contribution >= 4 is 82.5 Å². The van der Waals surface area contributed by atoms with E-state index in [-0.39, 0.29) is 0 Å². The quantitative estimate of drug-likeness (QED) is 0.168. The summed E-state index contributed by atoms with van der Waals surface area (Å²) in [5.74, 6) is 1.66. The molecule has 0 bridgehead atoms. The van der Waals surface area contributed by atoms with Crippen molar-refractivity contribution in [3.63, 3.8) is 0 Å². The van der Waals surface area contributed by atoms with Crippen molar-refractivity contribution in [3.8, 4) is 34.2 Å². The van der Waals surface area contributed by atoms with Crippen LogP contribution in [0.5, 0.6) is 0 Å². The maximum Gasteiger partial charge on any atom is 0.164 e. The van der Waals surface area contributed by atoms with Crippen molar-refractivity contribution in [2.24, 2.45) is 0 Å². The molecule has 12 aromatic rings. The number of fused-ring (bicyclic) bond motifs is 8. The van der Waals surface area contributed by atoms with E-state index in [9.17, 15) is 0 Å². The number of furan rings is 2. The van der Waals surface area contributed by atoms with Crippen molar-refractivity contribution in [2.45, 2.75) is 0 Å². The van der Waals surface area contributed by atoms with Gasteiger partial charge in [0, 0.05) is 55.7 Å². The predicted molar refractivity (Wildman–Crippen MR) is 240 cm³/mol. The molecule has 0 aliphatic heterocycles. The molecule has 0 spiro atoms. The SMILES string of the molecule is c1ccc(N(c2ccc3ccccc3c2)c2cc(-c3nc(-c4ccc5ccccc5c4)nc(-c4cccc5oc6ccccc6c45)n3)c3c(c2)oc2ccccc23)cc1. The van der Waals surface area contributed by atoms with Crippen LogP contribution in [-0.2, 0) is 0 Å². The Bertz CT molecular complexity index is 3590. The predicted octanol–water partition coefficient (Wildman–Crippen LogP) is 14.4. The Morgan fingerprint density at radius 1 is 0.322 bits per heavy atom. The summed E-state index contributed by atoms with van der Waals surface area (Å²) in [6.07, 6.45) is 0. The van der Waals surface area contributed by atoms with Gasteiger partial charge in [-0.2, -0.15) is 0 Å². The molecule has 276 valence electrons. The zero-order valence-corrected chi connectivity index (χ0v) is 31.6. The second-order valence-corrected chi connectivity index (χ2v) is 14.8. The molecular weight excluding hydrogens is 725 g/mol. The lowest BCUT2D eigenvalue weighted by molar-refractivity contribution is 0.668. The molecule has 0 N–H and O–H groups in total. The Labute approximate surface area is 338 Å². The van der Waals surface area contributed by atoms with Gasteiger partial charge in [0.15, 0.2) is 17.5 Å². The first kappa shape index (κ1) is 33.1. The average Bonchev–Trinajstić information content (AvgIpc) is 3.87. The largest absolute Gasteiger partial charge is 0.456 e. The van der Waals surface area contributed by atoms with Gasteiger partial charge in [0.1, 0.15) is 22.3 Å². The molecule has 9 aromatic carbocycles. The van der Waals surface area contributed by atoms with E-state index in [1.54, 1.807) is 0 Å². The van der Waals surface area contributed by atoms with Gasteiger partial charge in [0.2, 0.25) is 0 Å². The monoisotopic (exact) mass is 756 g/mol. The normalized spacial score (nSPS) is 11.7. The van der Waals surface area contributed by atoms with E-state index in [2.05, 4.69) is 144 Å². The molecule has 3 aromatic heterocycles. The lowest BCUT2D eigenvalue weighted by Crippen LogP contribution is -2.10. The smallest absolute Gasteiger partial charge is 0.164 e. The highest BCUT2D eigenvalue weighted by Crippen LogP contribution is 2.44. The fourth-order valence-corrected chi connectivity index (χ4v) is 8.52. The number of nitrogens with zero attached hydrogens (tertiary/aromatic N) is 4. The zero-order valence-electron chi connectivity index (χ0n) is 31.6. The maximum absolute atomic E-state index is 6.71. The van der Waals surface area contributed by atoms with Gasteiger partial charge in [0.05, 0.1) is 5.69 Å². The molecule has 0 atom stereocenters. The Morgan fingerprint density at radius 2 is 0.881 bits per heavy atom. The average molecular weight is 757 g/mol. The van der Waals surface area contributed by atoms with E-state index >= 15 is 0 Å². The Balaban J connectivity index is 1.16. The van der Waals surface area contributed by atoms with E-state index in [1.807, 2.05) is 54.6 Å². The highest BCUT2D eigenvalue weighted by atomic mass is 16.3. The third-order valence-electron chi connectivity index (χ3n) is 11.3. The van der Waals surface area contributed by atoms with Crippen LogP contribution in [0.2, 0.25) is 0 Å². The molecule has 0 fully saturated rings. The molecule has 0 amide bonds. The fourth-order valence-electron chi connectivity index (χ4n) is 8.52. The van der Waals surface area contributed by atoms with Crippen LogP contribution >= 0.6 is 0 Å². The van der Waals surface area contributed by atoms with Gasteiger partial charge in [-0.25, -0.2) is 15.0 Å². The summed E-state index contributed by atoms with van der Waals surface area (Å²) >= 11 is 0. The minimum atomic E-state index is 0.535. The first-order chi connectivity index (χ1) is 29.2. The molecule has 0 unspecified atom stereocenters. The topological polar surface area (TPSA) is 68.2 Å². The lowest BCUT2D eigenvalue weighted by Gasteiger charge is -2.26. The minimum Gasteiger partial charge on any atom is -0.456 e. The molecule has 3 heterocycles. The van der Waals surface area contributed by atoms with Crippen LogP contribution in [0.25, 0.3) is 99.6 Å². The third-order valence-corrected chi connectivity index (χ3v) is 11.3. The number of benzene rings is 9. The second kappa shape index (κ2) is 13.3. The Hall–Kier alpha value is -8.09. The van der Waals surface area contributed by atoms with Gasteiger partial charge in [0.25, 0.3) is 0 Å². The van der Waals surface area contributed by atoms with Crippen LogP contribution in [0, 0.1) is 0 Å². The summed E-state index contributed by atoms with van der Waals surface area (Å²) in [5.41, 5.74) is 8.64. The molecule has 0 aliphatic carbocycles. The van der Waals surface area contributed by atoms with Crippen molar-refractivity contribution in [3.05, 3.63) is 194 Å². The van der Waals surface area contributed by atoms with Gasteiger partial charge in [-0.1, -0.05) is 133 Å². The fraction of sp³-hybridized carbons (Fsp3) is 0. The van der Waals surface area contributed by atoms with E-state index in [0.717, 1.165) is 93.8 Å². The van der Waals surface area contributed by atoms with Crippen molar-refractivity contribution in [2.75, 3.05) is 4.90 Å². The van der Waals surface area contributed by atoms with E-state index in [1.165, 1.54) is 5.39 Å². The van der Waals surface area contributed by atoms with E-state index in [4.69, 9.17) is 23.8 Å². The number of aromatic nitrogens is 3. The van der Waals surface area contributed by atoms with Crippen LogP contribution in [-0.4, -0.2) is 15.0 Å². The minimum absolute atomic E-state index is 0.535. The van der Waals surface area contributed by atoms with Gasteiger partial charge >= 0.3 is 0 Å².